The van der Waals surface area contributed by atoms with Crippen LogP contribution in [0.5, 0.6) is 0 Å². The smallest absolute Gasteiger partial charge is 0.325 e. The average molecular weight is 183 g/mol. The highest BCUT2D eigenvalue weighted by atomic mass is 19.4. The lowest BCUT2D eigenvalue weighted by molar-refractivity contribution is -0.289. The van der Waals surface area contributed by atoms with E-state index in [-0.39, 0.29) is 6.42 Å². The molecular formula is C7H9F4N. The lowest BCUT2D eigenvalue weighted by Crippen LogP contribution is -2.73. The van der Waals surface area contributed by atoms with E-state index >= 15 is 0 Å². The number of halogens is 4. The summed E-state index contributed by atoms with van der Waals surface area (Å²) < 4.78 is 49.4. The van der Waals surface area contributed by atoms with Gasteiger partial charge in [0.15, 0.2) is 0 Å². The second-order valence-electron chi connectivity index (χ2n) is 3.73. The number of hydrogen-bond donors (Lipinski definition) is 1. The van der Waals surface area contributed by atoms with Gasteiger partial charge in [-0.05, 0) is 12.8 Å². The largest absolute Gasteiger partial charge is 0.392 e. The van der Waals surface area contributed by atoms with Crippen molar-refractivity contribution in [1.29, 1.82) is 0 Å². The molecule has 0 aromatic heterocycles. The fourth-order valence-corrected chi connectivity index (χ4v) is 2.24. The van der Waals surface area contributed by atoms with Gasteiger partial charge in [-0.1, -0.05) is 0 Å². The summed E-state index contributed by atoms with van der Waals surface area (Å²) in [6, 6.07) is -0.666. The van der Waals surface area contributed by atoms with Crippen molar-refractivity contribution in [3.05, 3.63) is 0 Å². The topological polar surface area (TPSA) is 26.0 Å². The van der Waals surface area contributed by atoms with Crippen molar-refractivity contribution in [2.45, 2.75) is 30.7 Å². The van der Waals surface area contributed by atoms with E-state index in [2.05, 4.69) is 0 Å². The Hall–Kier alpha value is -0.320. The first-order valence-electron chi connectivity index (χ1n) is 3.87. The van der Waals surface area contributed by atoms with Gasteiger partial charge in [-0.3, -0.25) is 0 Å². The molecule has 0 aromatic carbocycles. The van der Waals surface area contributed by atoms with Crippen LogP contribution in [-0.2, 0) is 0 Å². The minimum Gasteiger partial charge on any atom is -0.325 e. The lowest BCUT2D eigenvalue weighted by atomic mass is 9.48. The third-order valence-electron chi connectivity index (χ3n) is 3.18. The maximum atomic E-state index is 13.2. The molecule has 2 rings (SSSR count). The summed E-state index contributed by atoms with van der Waals surface area (Å²) in [5.41, 5.74) is 3.57. The number of alkyl halides is 4. The number of rotatable bonds is 0. The van der Waals surface area contributed by atoms with Gasteiger partial charge in [-0.25, -0.2) is 4.39 Å². The van der Waals surface area contributed by atoms with Crippen LogP contribution in [0.25, 0.3) is 0 Å². The minimum absolute atomic E-state index is 0.181. The van der Waals surface area contributed by atoms with Crippen LogP contribution in [0.2, 0.25) is 0 Å². The molecule has 12 heavy (non-hydrogen) atoms. The average Bonchev–Trinajstić information content (AvgIpc) is 1.93. The van der Waals surface area contributed by atoms with Crippen molar-refractivity contribution in [2.24, 2.45) is 17.6 Å². The summed E-state index contributed by atoms with van der Waals surface area (Å²) in [5, 5.41) is 0. The van der Waals surface area contributed by atoms with Gasteiger partial charge >= 0.3 is 6.18 Å². The van der Waals surface area contributed by atoms with Crippen LogP contribution in [0.4, 0.5) is 17.6 Å². The molecule has 5 heteroatoms. The third-order valence-corrected chi connectivity index (χ3v) is 3.18. The Labute approximate surface area is 66.9 Å². The Kier molecular flexibility index (Phi) is 1.34. The van der Waals surface area contributed by atoms with Gasteiger partial charge in [0, 0.05) is 12.0 Å². The normalized spacial score (nSPS) is 52.2. The van der Waals surface area contributed by atoms with Crippen molar-refractivity contribution in [1.82, 2.24) is 0 Å². The molecule has 2 saturated carbocycles. The first-order chi connectivity index (χ1) is 5.36. The van der Waals surface area contributed by atoms with E-state index in [0.717, 1.165) is 0 Å². The molecule has 0 aromatic rings. The van der Waals surface area contributed by atoms with E-state index in [1.807, 2.05) is 0 Å². The van der Waals surface area contributed by atoms with Crippen LogP contribution < -0.4 is 5.73 Å². The zero-order chi connectivity index (χ0) is 9.15. The van der Waals surface area contributed by atoms with Crippen molar-refractivity contribution in [2.75, 3.05) is 0 Å². The monoisotopic (exact) mass is 183 g/mol. The quantitative estimate of drug-likeness (QED) is 0.567. The summed E-state index contributed by atoms with van der Waals surface area (Å²) in [7, 11) is 0. The summed E-state index contributed by atoms with van der Waals surface area (Å²) in [6.45, 7) is 0. The van der Waals surface area contributed by atoms with E-state index in [1.165, 1.54) is 0 Å². The number of nitrogens with two attached hydrogens (primary N) is 1. The molecule has 1 nitrogen and oxygen atoms in total. The van der Waals surface area contributed by atoms with E-state index in [1.54, 1.807) is 0 Å². The maximum absolute atomic E-state index is 13.2. The first kappa shape index (κ1) is 8.29. The summed E-state index contributed by atoms with van der Waals surface area (Å²) in [6.07, 6.45) is -4.48. The molecule has 4 atom stereocenters. The Balaban J connectivity index is 2.04. The van der Waals surface area contributed by atoms with Crippen molar-refractivity contribution < 1.29 is 17.6 Å². The summed E-state index contributed by atoms with van der Waals surface area (Å²) in [5.74, 6) is -2.30. The molecule has 2 N–H and O–H groups in total. The van der Waals surface area contributed by atoms with E-state index in [0.29, 0.717) is 0 Å². The zero-order valence-corrected chi connectivity index (χ0v) is 6.24. The first-order valence-corrected chi connectivity index (χ1v) is 3.87. The Morgan fingerprint density at radius 2 is 1.92 bits per heavy atom. The van der Waals surface area contributed by atoms with Crippen LogP contribution >= 0.6 is 0 Å². The third kappa shape index (κ3) is 0.775. The molecule has 0 bridgehead atoms. The molecule has 2 aliphatic carbocycles. The van der Waals surface area contributed by atoms with E-state index in [4.69, 9.17) is 5.73 Å². The Bertz CT molecular complexity index is 214. The van der Waals surface area contributed by atoms with Gasteiger partial charge in [0.25, 0.3) is 0 Å². The fourth-order valence-electron chi connectivity index (χ4n) is 2.24. The Morgan fingerprint density at radius 1 is 1.33 bits per heavy atom. The fraction of sp³-hybridized carbons (Fsp3) is 1.00. The summed E-state index contributed by atoms with van der Waals surface area (Å²) >= 11 is 0. The molecule has 0 amide bonds. The minimum atomic E-state index is -4.24. The summed E-state index contributed by atoms with van der Waals surface area (Å²) in [4.78, 5) is 0. The number of hydrogen-bond acceptors (Lipinski definition) is 1. The lowest BCUT2D eigenvalue weighted by Gasteiger charge is -2.61. The van der Waals surface area contributed by atoms with Crippen molar-refractivity contribution in [3.8, 4) is 0 Å². The zero-order valence-electron chi connectivity index (χ0n) is 6.24. The molecular weight excluding hydrogens is 174 g/mol. The van der Waals surface area contributed by atoms with Crippen LogP contribution in [-0.4, -0.2) is 17.9 Å². The van der Waals surface area contributed by atoms with Gasteiger partial charge in [-0.15, -0.1) is 0 Å². The van der Waals surface area contributed by atoms with Crippen LogP contribution in [0.3, 0.4) is 0 Å². The number of fused-ring (bicyclic) bond motifs is 1. The van der Waals surface area contributed by atoms with Crippen LogP contribution in [0, 0.1) is 11.8 Å². The molecule has 2 fully saturated rings. The van der Waals surface area contributed by atoms with Gasteiger partial charge < -0.3 is 5.73 Å². The Morgan fingerprint density at radius 3 is 2.17 bits per heavy atom. The molecule has 2 aliphatic rings. The molecule has 0 saturated heterocycles. The van der Waals surface area contributed by atoms with Crippen molar-refractivity contribution in [3.63, 3.8) is 0 Å². The maximum Gasteiger partial charge on any atom is 0.392 e. The van der Waals surface area contributed by atoms with Gasteiger partial charge in [-0.2, -0.15) is 13.2 Å². The predicted octanol–water partition coefficient (Wildman–Crippen LogP) is 1.62. The molecule has 0 radical (unpaired) electrons. The highest BCUT2D eigenvalue weighted by Crippen LogP contribution is 2.63. The molecule has 4 unspecified atom stereocenters. The van der Waals surface area contributed by atoms with Crippen LogP contribution in [0.15, 0.2) is 0 Å². The van der Waals surface area contributed by atoms with E-state index in [9.17, 15) is 17.6 Å². The second kappa shape index (κ2) is 1.95. The standard InChI is InChI=1S/C7H9F4N/c8-6-2-4(7(9,10)11)3(6)1-5(6)12/h3-5H,1-2,12H2. The highest BCUT2D eigenvalue weighted by molar-refractivity contribution is 5.18. The molecule has 70 valence electrons. The predicted molar refractivity (Wildman–Crippen MR) is 34.1 cm³/mol. The van der Waals surface area contributed by atoms with Gasteiger partial charge in [0.05, 0.1) is 5.92 Å². The molecule has 0 heterocycles. The molecule has 0 spiro atoms. The van der Waals surface area contributed by atoms with E-state index < -0.39 is 36.1 Å². The van der Waals surface area contributed by atoms with Gasteiger partial charge in [0.2, 0.25) is 0 Å². The highest BCUT2D eigenvalue weighted by Gasteiger charge is 2.72. The van der Waals surface area contributed by atoms with Gasteiger partial charge in [0.1, 0.15) is 5.67 Å². The molecule has 0 aliphatic heterocycles. The SMILES string of the molecule is NC1CC2C(C(F)(F)F)CC12F. The van der Waals surface area contributed by atoms with Crippen molar-refractivity contribution >= 4 is 0 Å². The van der Waals surface area contributed by atoms with Crippen LogP contribution in [0.1, 0.15) is 12.8 Å². The second-order valence-corrected chi connectivity index (χ2v) is 3.73.